The Balaban J connectivity index is 2.22. The smallest absolute Gasteiger partial charge is 0.223 e. The van der Waals surface area contributed by atoms with Crippen molar-refractivity contribution in [3.63, 3.8) is 0 Å². The number of amides is 1. The average molecular weight is 265 g/mol. The van der Waals surface area contributed by atoms with Crippen LogP contribution in [0.1, 0.15) is 46.0 Å². The number of nitrogens with one attached hydrogen (secondary N) is 1. The molecule has 4 heteroatoms. The van der Waals surface area contributed by atoms with E-state index in [2.05, 4.69) is 25.2 Å². The lowest BCUT2D eigenvalue weighted by atomic mass is 9.78. The molecule has 3 atom stereocenters. The summed E-state index contributed by atoms with van der Waals surface area (Å²) in [6.07, 6.45) is 4.78. The van der Waals surface area contributed by atoms with Crippen LogP contribution in [0.5, 0.6) is 0 Å². The van der Waals surface area contributed by atoms with Crippen molar-refractivity contribution in [2.75, 3.05) is 20.1 Å². The number of hydrogen-bond donors (Lipinski definition) is 1. The largest absolute Gasteiger partial charge is 0.345 e. The molecule has 19 heavy (non-hydrogen) atoms. The average Bonchev–Trinajstić information content (AvgIpc) is 2.40. The number of carbonyl (C=O) groups is 1. The number of carbonyl (C=O) groups excluding carboxylic acids is 1. The first-order valence-electron chi connectivity index (χ1n) is 7.40. The summed E-state index contributed by atoms with van der Waals surface area (Å²) >= 11 is 0. The molecule has 0 spiro atoms. The lowest BCUT2D eigenvalue weighted by molar-refractivity contribution is -0.129. The van der Waals surface area contributed by atoms with Crippen molar-refractivity contribution < 1.29 is 4.79 Å². The van der Waals surface area contributed by atoms with Gasteiger partial charge in [-0.3, -0.25) is 4.79 Å². The molecule has 1 fully saturated rings. The molecule has 1 saturated carbocycles. The molecule has 0 aliphatic heterocycles. The van der Waals surface area contributed by atoms with Gasteiger partial charge in [-0.05, 0) is 18.3 Å². The van der Waals surface area contributed by atoms with Gasteiger partial charge < -0.3 is 10.2 Å². The van der Waals surface area contributed by atoms with E-state index in [9.17, 15) is 4.79 Å². The summed E-state index contributed by atoms with van der Waals surface area (Å²) in [5, 5.41) is 12.0. The van der Waals surface area contributed by atoms with Crippen LogP contribution in [0.15, 0.2) is 0 Å². The number of hydrogen-bond acceptors (Lipinski definition) is 3. The molecule has 0 aromatic heterocycles. The van der Waals surface area contributed by atoms with Crippen molar-refractivity contribution in [1.82, 2.24) is 10.2 Å². The molecule has 1 N–H and O–H groups in total. The number of rotatable bonds is 6. The zero-order valence-corrected chi connectivity index (χ0v) is 12.5. The Morgan fingerprint density at radius 3 is 2.84 bits per heavy atom. The normalized spacial score (nSPS) is 26.7. The van der Waals surface area contributed by atoms with Crippen LogP contribution in [-0.4, -0.2) is 37.0 Å². The first kappa shape index (κ1) is 16.0. The van der Waals surface area contributed by atoms with Crippen LogP contribution < -0.4 is 5.32 Å². The molecule has 1 amide bonds. The van der Waals surface area contributed by atoms with Crippen molar-refractivity contribution >= 4 is 5.91 Å². The molecule has 0 aromatic rings. The predicted molar refractivity (Wildman–Crippen MR) is 76.5 cm³/mol. The van der Waals surface area contributed by atoms with Crippen LogP contribution in [0.25, 0.3) is 0 Å². The molecule has 0 saturated heterocycles. The Bertz CT molecular complexity index is 324. The SMILES string of the molecule is C[C@H]1[C@H](C)CCC[C@H]1NCCC(=O)N(C)CCC#N. The lowest BCUT2D eigenvalue weighted by Crippen LogP contribution is -2.42. The van der Waals surface area contributed by atoms with Crippen molar-refractivity contribution in [1.29, 1.82) is 5.26 Å². The minimum Gasteiger partial charge on any atom is -0.345 e. The Morgan fingerprint density at radius 1 is 1.42 bits per heavy atom. The summed E-state index contributed by atoms with van der Waals surface area (Å²) in [5.74, 6) is 1.60. The van der Waals surface area contributed by atoms with E-state index in [1.807, 2.05) is 0 Å². The van der Waals surface area contributed by atoms with Crippen LogP contribution in [-0.2, 0) is 4.79 Å². The molecule has 1 aliphatic carbocycles. The highest BCUT2D eigenvalue weighted by Crippen LogP contribution is 2.29. The molecule has 1 aliphatic rings. The van der Waals surface area contributed by atoms with Crippen molar-refractivity contribution in [3.05, 3.63) is 0 Å². The van der Waals surface area contributed by atoms with Crippen LogP contribution in [0.4, 0.5) is 0 Å². The molecule has 0 heterocycles. The zero-order chi connectivity index (χ0) is 14.3. The van der Waals surface area contributed by atoms with Crippen molar-refractivity contribution in [2.45, 2.75) is 52.0 Å². The Morgan fingerprint density at radius 2 is 2.16 bits per heavy atom. The van der Waals surface area contributed by atoms with Gasteiger partial charge in [-0.1, -0.05) is 26.7 Å². The summed E-state index contributed by atoms with van der Waals surface area (Å²) in [6.45, 7) is 5.91. The van der Waals surface area contributed by atoms with Crippen LogP contribution in [0.2, 0.25) is 0 Å². The van der Waals surface area contributed by atoms with Gasteiger partial charge in [0, 0.05) is 32.6 Å². The monoisotopic (exact) mass is 265 g/mol. The maximum atomic E-state index is 11.8. The third-order valence-corrected chi connectivity index (χ3v) is 4.44. The van der Waals surface area contributed by atoms with E-state index in [1.165, 1.54) is 19.3 Å². The van der Waals surface area contributed by atoms with Gasteiger partial charge in [-0.2, -0.15) is 5.26 Å². The Kier molecular flexibility index (Phi) is 6.86. The van der Waals surface area contributed by atoms with Gasteiger partial charge >= 0.3 is 0 Å². The van der Waals surface area contributed by atoms with E-state index in [0.717, 1.165) is 12.5 Å². The lowest BCUT2D eigenvalue weighted by Gasteiger charge is -2.34. The molecular weight excluding hydrogens is 238 g/mol. The van der Waals surface area contributed by atoms with E-state index in [1.54, 1.807) is 11.9 Å². The maximum absolute atomic E-state index is 11.8. The van der Waals surface area contributed by atoms with Gasteiger partial charge in [0.1, 0.15) is 0 Å². The Hall–Kier alpha value is -1.08. The topological polar surface area (TPSA) is 56.1 Å². The third-order valence-electron chi connectivity index (χ3n) is 4.44. The fourth-order valence-corrected chi connectivity index (χ4v) is 2.77. The third kappa shape index (κ3) is 5.20. The van der Waals surface area contributed by atoms with E-state index < -0.39 is 0 Å². The van der Waals surface area contributed by atoms with Crippen molar-refractivity contribution in [3.8, 4) is 6.07 Å². The van der Waals surface area contributed by atoms with Crippen LogP contribution in [0, 0.1) is 23.2 Å². The summed E-state index contributed by atoms with van der Waals surface area (Å²) < 4.78 is 0. The minimum atomic E-state index is 0.124. The zero-order valence-electron chi connectivity index (χ0n) is 12.5. The van der Waals surface area contributed by atoms with Gasteiger partial charge in [0.25, 0.3) is 0 Å². The quantitative estimate of drug-likeness (QED) is 0.800. The van der Waals surface area contributed by atoms with Gasteiger partial charge in [0.15, 0.2) is 0 Å². The number of nitriles is 1. The molecule has 0 radical (unpaired) electrons. The Labute approximate surface area is 117 Å². The highest BCUT2D eigenvalue weighted by atomic mass is 16.2. The predicted octanol–water partition coefficient (Wildman–Crippen LogP) is 2.16. The van der Waals surface area contributed by atoms with E-state index in [-0.39, 0.29) is 5.91 Å². The van der Waals surface area contributed by atoms with E-state index >= 15 is 0 Å². The molecule has 1 rings (SSSR count). The van der Waals surface area contributed by atoms with Gasteiger partial charge in [-0.15, -0.1) is 0 Å². The highest BCUT2D eigenvalue weighted by Gasteiger charge is 2.26. The fourth-order valence-electron chi connectivity index (χ4n) is 2.77. The molecule has 0 unspecified atom stereocenters. The summed E-state index contributed by atoms with van der Waals surface area (Å²) in [4.78, 5) is 13.5. The molecule has 108 valence electrons. The molecule has 0 bridgehead atoms. The van der Waals surface area contributed by atoms with Crippen molar-refractivity contribution in [2.24, 2.45) is 11.8 Å². The van der Waals surface area contributed by atoms with Gasteiger partial charge in [0.2, 0.25) is 5.91 Å². The minimum absolute atomic E-state index is 0.124. The highest BCUT2D eigenvalue weighted by molar-refractivity contribution is 5.76. The standard InChI is InChI=1S/C15H27N3O/c1-12-6-4-7-14(13(12)2)17-10-8-15(19)18(3)11-5-9-16/h12-14,17H,4-8,10-11H2,1-3H3/t12-,13+,14-/m1/s1. The van der Waals surface area contributed by atoms with Gasteiger partial charge in [0.05, 0.1) is 12.5 Å². The summed E-state index contributed by atoms with van der Waals surface area (Å²) in [5.41, 5.74) is 0. The number of nitrogens with zero attached hydrogens (tertiary/aromatic N) is 2. The summed E-state index contributed by atoms with van der Waals surface area (Å²) in [6, 6.07) is 2.62. The fraction of sp³-hybridized carbons (Fsp3) is 0.867. The van der Waals surface area contributed by atoms with E-state index in [4.69, 9.17) is 5.26 Å². The first-order chi connectivity index (χ1) is 9.06. The second-order valence-electron chi connectivity index (χ2n) is 5.80. The van der Waals surface area contributed by atoms with Crippen LogP contribution >= 0.6 is 0 Å². The maximum Gasteiger partial charge on any atom is 0.223 e. The second kappa shape index (κ2) is 8.16. The molecule has 4 nitrogen and oxygen atoms in total. The van der Waals surface area contributed by atoms with E-state index in [0.29, 0.717) is 31.3 Å². The second-order valence-corrected chi connectivity index (χ2v) is 5.80. The summed E-state index contributed by atoms with van der Waals surface area (Å²) in [7, 11) is 1.77. The molecule has 0 aromatic carbocycles. The van der Waals surface area contributed by atoms with Gasteiger partial charge in [-0.25, -0.2) is 0 Å². The first-order valence-corrected chi connectivity index (χ1v) is 7.40. The van der Waals surface area contributed by atoms with Crippen LogP contribution in [0.3, 0.4) is 0 Å². The molecular formula is C15H27N3O.